The van der Waals surface area contributed by atoms with E-state index in [1.807, 2.05) is 6.07 Å². The number of hydrogen-bond donors (Lipinski definition) is 1. The number of benzene rings is 2. The number of amides is 1. The first-order valence-corrected chi connectivity index (χ1v) is 6.90. The average Bonchev–Trinajstić information content (AvgIpc) is 2.50. The third-order valence-corrected chi connectivity index (χ3v) is 3.63. The highest BCUT2D eigenvalue weighted by Crippen LogP contribution is 2.22. The van der Waals surface area contributed by atoms with Gasteiger partial charge in [0.05, 0.1) is 5.56 Å². The summed E-state index contributed by atoms with van der Waals surface area (Å²) in [4.78, 5) is 24.2. The van der Waals surface area contributed by atoms with Crippen molar-refractivity contribution in [2.24, 2.45) is 0 Å². The Morgan fingerprint density at radius 1 is 1.27 bits per heavy atom. The number of ether oxygens (including phenoxy) is 1. The lowest BCUT2D eigenvalue weighted by molar-refractivity contribution is -0.125. The lowest BCUT2D eigenvalue weighted by Crippen LogP contribution is -2.38. The highest BCUT2D eigenvalue weighted by Gasteiger charge is 2.31. The number of carbonyl (C=O) groups excluding carboxylic acids is 2. The largest absolute Gasteiger partial charge is 0.448 e. The minimum atomic E-state index is -0.883. The van der Waals surface area contributed by atoms with Gasteiger partial charge in [-0.15, -0.1) is 0 Å². The van der Waals surface area contributed by atoms with Gasteiger partial charge in [-0.1, -0.05) is 18.2 Å². The molecule has 2 aromatic carbocycles. The minimum Gasteiger partial charge on any atom is -0.448 e. The van der Waals surface area contributed by atoms with Gasteiger partial charge in [0.25, 0.3) is 5.91 Å². The molecule has 1 amide bonds. The second-order valence-corrected chi connectivity index (χ2v) is 5.20. The third kappa shape index (κ3) is 2.70. The van der Waals surface area contributed by atoms with E-state index in [9.17, 15) is 14.0 Å². The molecule has 1 aliphatic heterocycles. The molecule has 0 fully saturated rings. The van der Waals surface area contributed by atoms with E-state index >= 15 is 0 Å². The van der Waals surface area contributed by atoms with Crippen molar-refractivity contribution in [3.63, 3.8) is 0 Å². The number of esters is 1. The normalized spacial score (nSPS) is 16.6. The fraction of sp³-hybridized carbons (Fsp3) is 0.176. The van der Waals surface area contributed by atoms with E-state index in [0.29, 0.717) is 23.2 Å². The van der Waals surface area contributed by atoms with Crippen molar-refractivity contribution in [2.45, 2.75) is 19.4 Å². The molecule has 0 radical (unpaired) electrons. The van der Waals surface area contributed by atoms with E-state index < -0.39 is 18.0 Å². The smallest absolute Gasteiger partial charge is 0.339 e. The number of anilines is 1. The van der Waals surface area contributed by atoms with Crippen LogP contribution >= 0.6 is 0 Å². The zero-order valence-electron chi connectivity index (χ0n) is 11.9. The molecule has 3 rings (SSSR count). The van der Waals surface area contributed by atoms with Crippen molar-refractivity contribution < 1.29 is 18.7 Å². The molecule has 0 aliphatic carbocycles. The van der Waals surface area contributed by atoms with Crippen molar-refractivity contribution in [2.75, 3.05) is 5.32 Å². The molecule has 2 aromatic rings. The molecule has 0 saturated heterocycles. The topological polar surface area (TPSA) is 55.4 Å². The summed E-state index contributed by atoms with van der Waals surface area (Å²) in [5.41, 5.74) is 2.39. The van der Waals surface area contributed by atoms with Gasteiger partial charge in [0, 0.05) is 12.1 Å². The van der Waals surface area contributed by atoms with Crippen molar-refractivity contribution in [1.29, 1.82) is 0 Å². The van der Waals surface area contributed by atoms with Crippen molar-refractivity contribution in [3.05, 3.63) is 65.0 Å². The summed E-state index contributed by atoms with van der Waals surface area (Å²) in [7, 11) is 0. The van der Waals surface area contributed by atoms with Crippen LogP contribution in [0.25, 0.3) is 0 Å². The molecular weight excluding hydrogens is 285 g/mol. The second-order valence-electron chi connectivity index (χ2n) is 5.20. The van der Waals surface area contributed by atoms with E-state index in [1.165, 1.54) is 18.2 Å². The summed E-state index contributed by atoms with van der Waals surface area (Å²) >= 11 is 0. The molecule has 5 heteroatoms. The fourth-order valence-electron chi connectivity index (χ4n) is 2.46. The molecule has 0 aromatic heterocycles. The van der Waals surface area contributed by atoms with Crippen LogP contribution in [0.4, 0.5) is 10.1 Å². The maximum Gasteiger partial charge on any atom is 0.339 e. The average molecular weight is 299 g/mol. The van der Waals surface area contributed by atoms with E-state index in [4.69, 9.17) is 4.74 Å². The molecule has 0 spiro atoms. The van der Waals surface area contributed by atoms with Crippen LogP contribution in [0.5, 0.6) is 0 Å². The van der Waals surface area contributed by atoms with E-state index in [2.05, 4.69) is 5.32 Å². The minimum absolute atomic E-state index is 0.327. The van der Waals surface area contributed by atoms with E-state index in [1.54, 1.807) is 25.1 Å². The highest BCUT2D eigenvalue weighted by molar-refractivity contribution is 6.00. The van der Waals surface area contributed by atoms with Gasteiger partial charge in [0.2, 0.25) is 0 Å². The number of rotatable bonds is 2. The van der Waals surface area contributed by atoms with Gasteiger partial charge < -0.3 is 10.1 Å². The first kappa shape index (κ1) is 14.3. The van der Waals surface area contributed by atoms with Gasteiger partial charge in [0.1, 0.15) is 5.82 Å². The van der Waals surface area contributed by atoms with Gasteiger partial charge in [-0.2, -0.15) is 0 Å². The maximum absolute atomic E-state index is 13.1. The summed E-state index contributed by atoms with van der Waals surface area (Å²) in [5, 5.41) is 2.68. The maximum atomic E-state index is 13.1. The molecule has 1 heterocycles. The van der Waals surface area contributed by atoms with Gasteiger partial charge in [-0.05, 0) is 42.3 Å². The Morgan fingerprint density at radius 2 is 2.05 bits per heavy atom. The number of aryl methyl sites for hydroxylation is 1. The number of cyclic esters (lactones) is 1. The SMILES string of the molecule is Cc1cc(F)ccc1NC(=O)[C@H]1Cc2ccccc2C(=O)O1. The molecule has 1 N–H and O–H groups in total. The van der Waals surface area contributed by atoms with Crippen molar-refractivity contribution in [1.82, 2.24) is 0 Å². The number of hydrogen-bond acceptors (Lipinski definition) is 3. The molecule has 1 aliphatic rings. The standard InChI is InChI=1S/C17H14FNO3/c1-10-8-12(18)6-7-14(10)19-16(20)15-9-11-4-2-3-5-13(11)17(21)22-15/h2-8,15H,9H2,1H3,(H,19,20)/t15-/m1/s1. The zero-order valence-corrected chi connectivity index (χ0v) is 11.9. The van der Waals surface area contributed by atoms with Crippen LogP contribution in [0.1, 0.15) is 21.5 Å². The molecular formula is C17H14FNO3. The van der Waals surface area contributed by atoms with Crippen LogP contribution in [0.15, 0.2) is 42.5 Å². The molecule has 1 atom stereocenters. The van der Waals surface area contributed by atoms with E-state index in [-0.39, 0.29) is 5.82 Å². The predicted octanol–water partition coefficient (Wildman–Crippen LogP) is 2.85. The molecule has 22 heavy (non-hydrogen) atoms. The lowest BCUT2D eigenvalue weighted by Gasteiger charge is -2.24. The van der Waals surface area contributed by atoms with Gasteiger partial charge in [-0.3, -0.25) is 4.79 Å². The molecule has 0 unspecified atom stereocenters. The van der Waals surface area contributed by atoms with Crippen LogP contribution in [0.3, 0.4) is 0 Å². The van der Waals surface area contributed by atoms with Gasteiger partial charge >= 0.3 is 5.97 Å². The summed E-state index contributed by atoms with van der Waals surface area (Å²) in [5.74, 6) is -1.29. The summed E-state index contributed by atoms with van der Waals surface area (Å²) in [6.45, 7) is 1.70. The monoisotopic (exact) mass is 299 g/mol. The Hall–Kier alpha value is -2.69. The van der Waals surface area contributed by atoms with Crippen molar-refractivity contribution in [3.8, 4) is 0 Å². The fourth-order valence-corrected chi connectivity index (χ4v) is 2.46. The third-order valence-electron chi connectivity index (χ3n) is 3.63. The Kier molecular flexibility index (Phi) is 3.63. The first-order valence-electron chi connectivity index (χ1n) is 6.90. The highest BCUT2D eigenvalue weighted by atomic mass is 19.1. The number of nitrogens with one attached hydrogen (secondary N) is 1. The first-order chi connectivity index (χ1) is 10.5. The zero-order chi connectivity index (χ0) is 15.7. The van der Waals surface area contributed by atoms with Crippen LogP contribution in [0.2, 0.25) is 0 Å². The van der Waals surface area contributed by atoms with Crippen molar-refractivity contribution >= 4 is 17.6 Å². The number of halogens is 1. The Balaban J connectivity index is 1.78. The molecule has 0 saturated carbocycles. The Morgan fingerprint density at radius 3 is 2.82 bits per heavy atom. The van der Waals surface area contributed by atoms with Crippen LogP contribution in [0, 0.1) is 12.7 Å². The molecule has 112 valence electrons. The number of fused-ring (bicyclic) bond motifs is 1. The summed E-state index contributed by atoms with van der Waals surface area (Å²) < 4.78 is 18.3. The molecule has 4 nitrogen and oxygen atoms in total. The Labute approximate surface area is 126 Å². The van der Waals surface area contributed by atoms with Crippen LogP contribution < -0.4 is 5.32 Å². The number of carbonyl (C=O) groups is 2. The predicted molar refractivity (Wildman–Crippen MR) is 79.1 cm³/mol. The quantitative estimate of drug-likeness (QED) is 0.868. The summed E-state index contributed by atoms with van der Waals surface area (Å²) in [6.07, 6.45) is -0.555. The Bertz CT molecular complexity index is 757. The summed E-state index contributed by atoms with van der Waals surface area (Å²) in [6, 6.07) is 11.1. The molecule has 0 bridgehead atoms. The van der Waals surface area contributed by atoms with Gasteiger partial charge in [-0.25, -0.2) is 9.18 Å². The van der Waals surface area contributed by atoms with E-state index in [0.717, 1.165) is 5.56 Å². The van der Waals surface area contributed by atoms with Crippen LogP contribution in [-0.2, 0) is 16.0 Å². The van der Waals surface area contributed by atoms with Crippen LogP contribution in [-0.4, -0.2) is 18.0 Å². The lowest BCUT2D eigenvalue weighted by atomic mass is 9.98. The van der Waals surface area contributed by atoms with Gasteiger partial charge in [0.15, 0.2) is 6.10 Å². The second kappa shape index (κ2) is 5.60.